The summed E-state index contributed by atoms with van der Waals surface area (Å²) in [6.45, 7) is 3.80. The molecule has 4 amide bonds. The fourth-order valence-electron chi connectivity index (χ4n) is 2.00. The minimum Gasteiger partial charge on any atom is -0.274 e. The van der Waals surface area contributed by atoms with Gasteiger partial charge in [0.25, 0.3) is 0 Å². The Kier molecular flexibility index (Phi) is 3.14. The minimum atomic E-state index is -0.562. The molecule has 1 fully saturated rings. The molecule has 0 bridgehead atoms. The number of urea groups is 1. The highest BCUT2D eigenvalue weighted by atomic mass is 16.2. The fraction of sp³-hybridized carbons (Fsp3) is 0.308. The molecule has 0 N–H and O–H groups in total. The molecule has 0 aliphatic carbocycles. The Balaban J connectivity index is 2.44. The Labute approximate surface area is 105 Å². The van der Waals surface area contributed by atoms with Gasteiger partial charge < -0.3 is 0 Å². The Hall–Kier alpha value is -2.17. The highest BCUT2D eigenvalue weighted by Crippen LogP contribution is 2.24. The van der Waals surface area contributed by atoms with Crippen LogP contribution in [-0.4, -0.2) is 29.3 Å². The van der Waals surface area contributed by atoms with E-state index in [4.69, 9.17) is 0 Å². The Bertz CT molecular complexity index is 525. The number of aryl methyl sites for hydroxylation is 1. The molecule has 18 heavy (non-hydrogen) atoms. The predicted molar refractivity (Wildman–Crippen MR) is 66.1 cm³/mol. The van der Waals surface area contributed by atoms with Gasteiger partial charge in [0.15, 0.2) is 0 Å². The molecule has 0 atom stereocenters. The van der Waals surface area contributed by atoms with Crippen molar-refractivity contribution in [2.24, 2.45) is 0 Å². The number of hydrogen-bond donors (Lipinski definition) is 0. The van der Waals surface area contributed by atoms with Crippen molar-refractivity contribution in [1.82, 2.24) is 4.90 Å². The number of imide groups is 2. The van der Waals surface area contributed by atoms with Gasteiger partial charge in [-0.1, -0.05) is 18.2 Å². The van der Waals surface area contributed by atoms with Crippen molar-refractivity contribution in [3.63, 3.8) is 0 Å². The third-order valence-electron chi connectivity index (χ3n) is 2.95. The zero-order valence-electron chi connectivity index (χ0n) is 10.3. The van der Waals surface area contributed by atoms with Crippen LogP contribution in [0.5, 0.6) is 0 Å². The second-order valence-corrected chi connectivity index (χ2v) is 4.11. The Morgan fingerprint density at radius 3 is 2.39 bits per heavy atom. The molecule has 94 valence electrons. The van der Waals surface area contributed by atoms with Crippen LogP contribution in [0.1, 0.15) is 18.9 Å². The number of para-hydroxylation sites is 1. The molecule has 1 aliphatic heterocycles. The van der Waals surface area contributed by atoms with Gasteiger partial charge in [-0.15, -0.1) is 0 Å². The monoisotopic (exact) mass is 246 g/mol. The predicted octanol–water partition coefficient (Wildman–Crippen LogP) is 1.70. The van der Waals surface area contributed by atoms with E-state index in [1.165, 1.54) is 0 Å². The summed E-state index contributed by atoms with van der Waals surface area (Å²) in [6, 6.07) is 6.56. The normalized spacial score (nSPS) is 16.4. The Morgan fingerprint density at radius 2 is 1.78 bits per heavy atom. The van der Waals surface area contributed by atoms with E-state index in [1.807, 2.05) is 19.1 Å². The fourth-order valence-corrected chi connectivity index (χ4v) is 2.00. The smallest absolute Gasteiger partial charge is 0.274 e. The number of carbonyl (C=O) groups excluding carboxylic acids is 3. The van der Waals surface area contributed by atoms with Crippen LogP contribution in [0.3, 0.4) is 0 Å². The quantitative estimate of drug-likeness (QED) is 0.746. The third kappa shape index (κ3) is 1.88. The van der Waals surface area contributed by atoms with Gasteiger partial charge in [-0.25, -0.2) is 9.69 Å². The molecule has 1 aromatic rings. The van der Waals surface area contributed by atoms with Crippen LogP contribution in [0.25, 0.3) is 0 Å². The summed E-state index contributed by atoms with van der Waals surface area (Å²) in [5.74, 6) is -0.902. The molecule has 5 heteroatoms. The molecule has 1 heterocycles. The molecule has 1 aliphatic rings. The van der Waals surface area contributed by atoms with Gasteiger partial charge in [0.1, 0.15) is 6.42 Å². The van der Waals surface area contributed by atoms with Crippen LogP contribution in [0, 0.1) is 6.92 Å². The minimum absolute atomic E-state index is 0.256. The molecule has 2 rings (SSSR count). The molecule has 5 nitrogen and oxygen atoms in total. The maximum atomic E-state index is 12.1. The zero-order chi connectivity index (χ0) is 13.3. The van der Waals surface area contributed by atoms with E-state index < -0.39 is 17.8 Å². The molecule has 0 unspecified atom stereocenters. The van der Waals surface area contributed by atoms with Crippen molar-refractivity contribution in [3.8, 4) is 0 Å². The average Bonchev–Trinajstić information content (AvgIpc) is 2.31. The number of benzene rings is 1. The lowest BCUT2D eigenvalue weighted by molar-refractivity contribution is -0.134. The first kappa shape index (κ1) is 12.3. The molecule has 0 saturated carbocycles. The maximum absolute atomic E-state index is 12.1. The number of anilines is 1. The van der Waals surface area contributed by atoms with Gasteiger partial charge in [0.2, 0.25) is 11.8 Å². The maximum Gasteiger partial charge on any atom is 0.338 e. The highest BCUT2D eigenvalue weighted by Gasteiger charge is 2.38. The molecule has 0 spiro atoms. The van der Waals surface area contributed by atoms with Crippen LogP contribution in [0.4, 0.5) is 10.5 Å². The van der Waals surface area contributed by atoms with Crippen molar-refractivity contribution in [3.05, 3.63) is 29.8 Å². The van der Waals surface area contributed by atoms with Crippen LogP contribution in [0.2, 0.25) is 0 Å². The molecule has 1 saturated heterocycles. The number of barbiturate groups is 1. The van der Waals surface area contributed by atoms with Crippen molar-refractivity contribution in [2.75, 3.05) is 11.4 Å². The summed E-state index contributed by atoms with van der Waals surface area (Å²) in [6.07, 6.45) is -0.256. The SMILES string of the molecule is CCN1C(=O)CC(=O)N(c2ccccc2C)C1=O. The lowest BCUT2D eigenvalue weighted by Crippen LogP contribution is -2.55. The van der Waals surface area contributed by atoms with Crippen LogP contribution < -0.4 is 4.90 Å². The van der Waals surface area contributed by atoms with E-state index >= 15 is 0 Å². The summed E-state index contributed by atoms with van der Waals surface area (Å²) in [4.78, 5) is 37.8. The van der Waals surface area contributed by atoms with Crippen LogP contribution in [0.15, 0.2) is 24.3 Å². The van der Waals surface area contributed by atoms with E-state index in [1.54, 1.807) is 19.1 Å². The summed E-state index contributed by atoms with van der Waals surface area (Å²) in [5.41, 5.74) is 1.36. The van der Waals surface area contributed by atoms with Crippen molar-refractivity contribution in [1.29, 1.82) is 0 Å². The van der Waals surface area contributed by atoms with Crippen molar-refractivity contribution < 1.29 is 14.4 Å². The highest BCUT2D eigenvalue weighted by molar-refractivity contribution is 6.26. The summed E-state index contributed by atoms with van der Waals surface area (Å²) in [5, 5.41) is 0. The number of amides is 4. The molecule has 0 aromatic heterocycles. The number of nitrogens with zero attached hydrogens (tertiary/aromatic N) is 2. The van der Waals surface area contributed by atoms with Gasteiger partial charge >= 0.3 is 6.03 Å². The zero-order valence-corrected chi connectivity index (χ0v) is 10.3. The second-order valence-electron chi connectivity index (χ2n) is 4.11. The topological polar surface area (TPSA) is 57.7 Å². The van der Waals surface area contributed by atoms with Gasteiger partial charge in [-0.3, -0.25) is 14.5 Å². The van der Waals surface area contributed by atoms with E-state index in [0.29, 0.717) is 5.69 Å². The first-order valence-corrected chi connectivity index (χ1v) is 5.79. The lowest BCUT2D eigenvalue weighted by atomic mass is 10.1. The van der Waals surface area contributed by atoms with E-state index in [-0.39, 0.29) is 13.0 Å². The standard InChI is InChI=1S/C13H14N2O3/c1-3-14-11(16)8-12(17)15(13(14)18)10-7-5-4-6-9(10)2/h4-7H,3,8H2,1-2H3. The van der Waals surface area contributed by atoms with Crippen LogP contribution in [-0.2, 0) is 9.59 Å². The second kappa shape index (κ2) is 4.60. The van der Waals surface area contributed by atoms with Gasteiger partial charge in [0.05, 0.1) is 5.69 Å². The van der Waals surface area contributed by atoms with E-state index in [0.717, 1.165) is 15.4 Å². The molecule has 1 aromatic carbocycles. The number of rotatable bonds is 2. The summed E-state index contributed by atoms with van der Waals surface area (Å²) >= 11 is 0. The van der Waals surface area contributed by atoms with E-state index in [9.17, 15) is 14.4 Å². The first-order chi connectivity index (χ1) is 8.56. The third-order valence-corrected chi connectivity index (χ3v) is 2.95. The molecular formula is C13H14N2O3. The first-order valence-electron chi connectivity index (χ1n) is 5.79. The average molecular weight is 246 g/mol. The lowest BCUT2D eigenvalue weighted by Gasteiger charge is -2.32. The molecule has 0 radical (unpaired) electrons. The Morgan fingerprint density at radius 1 is 1.11 bits per heavy atom. The summed E-state index contributed by atoms with van der Waals surface area (Å²) < 4.78 is 0. The van der Waals surface area contributed by atoms with Crippen molar-refractivity contribution in [2.45, 2.75) is 20.3 Å². The van der Waals surface area contributed by atoms with Crippen molar-refractivity contribution >= 4 is 23.5 Å². The number of hydrogen-bond acceptors (Lipinski definition) is 3. The summed E-state index contributed by atoms with van der Waals surface area (Å²) in [7, 11) is 0. The van der Waals surface area contributed by atoms with Gasteiger partial charge in [0, 0.05) is 6.54 Å². The van der Waals surface area contributed by atoms with E-state index in [2.05, 4.69) is 0 Å². The largest absolute Gasteiger partial charge is 0.338 e. The van der Waals surface area contributed by atoms with Gasteiger partial charge in [-0.05, 0) is 25.5 Å². The molecular weight excluding hydrogens is 232 g/mol. The van der Waals surface area contributed by atoms with Crippen LogP contribution >= 0.6 is 0 Å². The number of carbonyl (C=O) groups is 3. The van der Waals surface area contributed by atoms with Gasteiger partial charge in [-0.2, -0.15) is 0 Å².